The lowest BCUT2D eigenvalue weighted by molar-refractivity contribution is 0.298. The third-order valence-corrected chi connectivity index (χ3v) is 4.14. The number of hydrogen-bond acceptors (Lipinski definition) is 5. The zero-order chi connectivity index (χ0) is 13.9. The summed E-state index contributed by atoms with van der Waals surface area (Å²) in [6.07, 6.45) is 0. The van der Waals surface area contributed by atoms with Crippen molar-refractivity contribution in [2.75, 3.05) is 12.4 Å². The molecule has 4 nitrogen and oxygen atoms in total. The Hall–Kier alpha value is -1.66. The van der Waals surface area contributed by atoms with Crippen molar-refractivity contribution >= 4 is 43.4 Å². The molecule has 2 heterocycles. The van der Waals surface area contributed by atoms with Crippen molar-refractivity contribution in [2.24, 2.45) is 0 Å². The number of aromatic nitrogens is 2. The van der Waals surface area contributed by atoms with Crippen molar-refractivity contribution in [2.45, 2.75) is 6.61 Å². The third kappa shape index (κ3) is 2.76. The molecule has 0 amide bonds. The minimum Gasteiger partial charge on any atom is -0.472 e. The van der Waals surface area contributed by atoms with Crippen molar-refractivity contribution in [3.8, 4) is 5.88 Å². The van der Waals surface area contributed by atoms with Crippen LogP contribution in [0.5, 0.6) is 5.88 Å². The van der Waals surface area contributed by atoms with Gasteiger partial charge in [0.1, 0.15) is 11.4 Å². The summed E-state index contributed by atoms with van der Waals surface area (Å²) in [7, 11) is 1.80. The van der Waals surface area contributed by atoms with E-state index >= 15 is 0 Å². The Kier molecular flexibility index (Phi) is 3.84. The minimum absolute atomic E-state index is 0.485. The highest BCUT2D eigenvalue weighted by molar-refractivity contribution is 9.10. The van der Waals surface area contributed by atoms with Crippen LogP contribution in [0.15, 0.2) is 40.2 Å². The molecule has 0 atom stereocenters. The SMILES string of the molecule is CNc1nc(OCc2ccc(Br)cc2)c2ccsc2n1. The van der Waals surface area contributed by atoms with E-state index in [1.807, 2.05) is 35.7 Å². The summed E-state index contributed by atoms with van der Waals surface area (Å²) in [5.74, 6) is 1.19. The van der Waals surface area contributed by atoms with E-state index < -0.39 is 0 Å². The summed E-state index contributed by atoms with van der Waals surface area (Å²) < 4.78 is 6.90. The number of nitrogens with zero attached hydrogens (tertiary/aromatic N) is 2. The van der Waals surface area contributed by atoms with Crippen LogP contribution in [0.25, 0.3) is 10.2 Å². The second kappa shape index (κ2) is 5.76. The van der Waals surface area contributed by atoms with Gasteiger partial charge in [0.25, 0.3) is 0 Å². The summed E-state index contributed by atoms with van der Waals surface area (Å²) in [6.45, 7) is 0.485. The molecule has 0 spiro atoms. The first-order valence-corrected chi connectivity index (χ1v) is 7.74. The molecule has 0 saturated carbocycles. The Morgan fingerprint density at radius 2 is 2.00 bits per heavy atom. The number of ether oxygens (including phenoxy) is 1. The van der Waals surface area contributed by atoms with Crippen LogP contribution < -0.4 is 10.1 Å². The van der Waals surface area contributed by atoms with E-state index in [0.29, 0.717) is 18.4 Å². The van der Waals surface area contributed by atoms with Crippen LogP contribution >= 0.6 is 27.3 Å². The van der Waals surface area contributed by atoms with E-state index in [9.17, 15) is 0 Å². The molecular formula is C14H12BrN3OS. The molecule has 0 unspecified atom stereocenters. The molecule has 0 aliphatic carbocycles. The second-order valence-corrected chi connectivity index (χ2v) is 5.97. The Bertz CT molecular complexity index is 727. The maximum Gasteiger partial charge on any atom is 0.227 e. The number of benzene rings is 1. The zero-order valence-corrected chi connectivity index (χ0v) is 13.2. The van der Waals surface area contributed by atoms with Crippen molar-refractivity contribution in [3.63, 3.8) is 0 Å². The Morgan fingerprint density at radius 3 is 2.75 bits per heavy atom. The lowest BCUT2D eigenvalue weighted by Gasteiger charge is -2.08. The lowest BCUT2D eigenvalue weighted by atomic mass is 10.2. The molecule has 2 aromatic heterocycles. The number of fused-ring (bicyclic) bond motifs is 1. The predicted octanol–water partition coefficient (Wildman–Crippen LogP) is 4.07. The van der Waals surface area contributed by atoms with Crippen molar-refractivity contribution < 1.29 is 4.74 Å². The molecule has 102 valence electrons. The highest BCUT2D eigenvalue weighted by atomic mass is 79.9. The van der Waals surface area contributed by atoms with Gasteiger partial charge in [-0.15, -0.1) is 11.3 Å². The van der Waals surface area contributed by atoms with Crippen LogP contribution in [0.1, 0.15) is 5.56 Å². The first-order valence-electron chi connectivity index (χ1n) is 6.06. The predicted molar refractivity (Wildman–Crippen MR) is 85.4 cm³/mol. The van der Waals surface area contributed by atoms with Gasteiger partial charge in [-0.1, -0.05) is 28.1 Å². The maximum atomic E-state index is 5.85. The molecule has 3 rings (SSSR count). The van der Waals surface area contributed by atoms with E-state index in [1.165, 1.54) is 0 Å². The normalized spacial score (nSPS) is 10.7. The number of thiophene rings is 1. The fraction of sp³-hybridized carbons (Fsp3) is 0.143. The fourth-order valence-electron chi connectivity index (χ4n) is 1.78. The summed E-state index contributed by atoms with van der Waals surface area (Å²) in [5, 5.41) is 5.89. The van der Waals surface area contributed by atoms with Crippen LogP contribution in [0, 0.1) is 0 Å². The average molecular weight is 350 g/mol. The molecule has 6 heteroatoms. The van der Waals surface area contributed by atoms with Gasteiger partial charge in [-0.25, -0.2) is 4.98 Å². The Balaban J connectivity index is 1.86. The number of halogens is 1. The van der Waals surface area contributed by atoms with Gasteiger partial charge in [-0.2, -0.15) is 4.98 Å². The van der Waals surface area contributed by atoms with Gasteiger partial charge in [0.15, 0.2) is 0 Å². The van der Waals surface area contributed by atoms with Gasteiger partial charge in [0.2, 0.25) is 11.8 Å². The molecule has 0 aliphatic heterocycles. The standard InChI is InChI=1S/C14H12BrN3OS/c1-16-14-17-12(11-6-7-20-13(11)18-14)19-8-9-2-4-10(15)5-3-9/h2-7H,8H2,1H3,(H,16,17,18). The highest BCUT2D eigenvalue weighted by Crippen LogP contribution is 2.28. The third-order valence-electron chi connectivity index (χ3n) is 2.80. The Morgan fingerprint density at radius 1 is 1.20 bits per heavy atom. The van der Waals surface area contributed by atoms with Gasteiger partial charge in [0.05, 0.1) is 5.39 Å². The molecule has 3 aromatic rings. The summed E-state index contributed by atoms with van der Waals surface area (Å²) in [5.41, 5.74) is 1.10. The van der Waals surface area contributed by atoms with Crippen LogP contribution in [-0.4, -0.2) is 17.0 Å². The Labute approximate surface area is 129 Å². The largest absolute Gasteiger partial charge is 0.472 e. The van der Waals surface area contributed by atoms with Gasteiger partial charge in [0, 0.05) is 11.5 Å². The molecule has 0 bridgehead atoms. The first kappa shape index (κ1) is 13.3. The minimum atomic E-state index is 0.485. The van der Waals surface area contributed by atoms with E-state index in [4.69, 9.17) is 4.74 Å². The van der Waals surface area contributed by atoms with Crippen molar-refractivity contribution in [3.05, 3.63) is 45.7 Å². The van der Waals surface area contributed by atoms with Crippen LogP contribution in [-0.2, 0) is 6.61 Å². The average Bonchev–Trinajstić information content (AvgIpc) is 2.94. The fourth-order valence-corrected chi connectivity index (χ4v) is 2.80. The molecule has 1 aromatic carbocycles. The van der Waals surface area contributed by atoms with Crippen molar-refractivity contribution in [1.29, 1.82) is 0 Å². The highest BCUT2D eigenvalue weighted by Gasteiger charge is 2.09. The molecule has 0 aliphatic rings. The van der Waals surface area contributed by atoms with Crippen molar-refractivity contribution in [1.82, 2.24) is 9.97 Å². The van der Waals surface area contributed by atoms with E-state index in [-0.39, 0.29) is 0 Å². The quantitative estimate of drug-likeness (QED) is 0.770. The number of nitrogens with one attached hydrogen (secondary N) is 1. The summed E-state index contributed by atoms with van der Waals surface area (Å²) in [4.78, 5) is 9.69. The molecule has 0 saturated heterocycles. The van der Waals surface area contributed by atoms with Crippen LogP contribution in [0.2, 0.25) is 0 Å². The summed E-state index contributed by atoms with van der Waals surface area (Å²) >= 11 is 5.00. The number of rotatable bonds is 4. The summed E-state index contributed by atoms with van der Waals surface area (Å²) in [6, 6.07) is 10.0. The molecule has 1 N–H and O–H groups in total. The van der Waals surface area contributed by atoms with Gasteiger partial charge in [-0.3, -0.25) is 0 Å². The molecule has 20 heavy (non-hydrogen) atoms. The van der Waals surface area contributed by atoms with Crippen LogP contribution in [0.4, 0.5) is 5.95 Å². The maximum absolute atomic E-state index is 5.85. The lowest BCUT2D eigenvalue weighted by Crippen LogP contribution is -2.01. The smallest absolute Gasteiger partial charge is 0.227 e. The van der Waals surface area contributed by atoms with Gasteiger partial charge in [-0.05, 0) is 29.1 Å². The molecule has 0 radical (unpaired) electrons. The number of hydrogen-bond donors (Lipinski definition) is 1. The van der Waals surface area contributed by atoms with E-state index in [1.54, 1.807) is 18.4 Å². The monoisotopic (exact) mass is 349 g/mol. The topological polar surface area (TPSA) is 47.0 Å². The molecule has 0 fully saturated rings. The van der Waals surface area contributed by atoms with E-state index in [0.717, 1.165) is 20.3 Å². The van der Waals surface area contributed by atoms with E-state index in [2.05, 4.69) is 31.2 Å². The molecular weight excluding hydrogens is 338 g/mol. The zero-order valence-electron chi connectivity index (χ0n) is 10.8. The van der Waals surface area contributed by atoms with Gasteiger partial charge < -0.3 is 10.1 Å². The second-order valence-electron chi connectivity index (χ2n) is 4.16. The van der Waals surface area contributed by atoms with Gasteiger partial charge >= 0.3 is 0 Å². The number of anilines is 1. The first-order chi connectivity index (χ1) is 9.76. The van der Waals surface area contributed by atoms with Crippen LogP contribution in [0.3, 0.4) is 0 Å².